The van der Waals surface area contributed by atoms with Crippen molar-refractivity contribution in [3.05, 3.63) is 23.2 Å². The molecule has 0 saturated carbocycles. The van der Waals surface area contributed by atoms with Gasteiger partial charge in [0.2, 0.25) is 5.71 Å². The third-order valence-corrected chi connectivity index (χ3v) is 2.51. The maximum Gasteiger partial charge on any atom is 0.444 e. The summed E-state index contributed by atoms with van der Waals surface area (Å²) in [4.78, 5) is 0. The molecule has 0 amide bonds. The Balaban J connectivity index is 2.99. The van der Waals surface area contributed by atoms with E-state index >= 15 is 0 Å². The van der Waals surface area contributed by atoms with Crippen LogP contribution < -0.4 is 10.2 Å². The van der Waals surface area contributed by atoms with Crippen LogP contribution >= 0.6 is 23.2 Å². The number of nitriles is 2. The van der Waals surface area contributed by atoms with Crippen molar-refractivity contribution >= 4 is 34.6 Å². The van der Waals surface area contributed by atoms with Crippen molar-refractivity contribution in [3.63, 3.8) is 0 Å². The molecule has 0 heterocycles. The quantitative estimate of drug-likeness (QED) is 0.505. The number of anilines is 1. The van der Waals surface area contributed by atoms with Crippen LogP contribution in [0.3, 0.4) is 0 Å². The Morgan fingerprint density at radius 2 is 2.00 bits per heavy atom. The van der Waals surface area contributed by atoms with Crippen LogP contribution in [0.1, 0.15) is 0 Å². The summed E-state index contributed by atoms with van der Waals surface area (Å²) in [5.74, 6) is -0.555. The molecule has 110 valence electrons. The highest BCUT2D eigenvalue weighted by molar-refractivity contribution is 6.32. The molecule has 0 aromatic heterocycles. The first-order valence-electron chi connectivity index (χ1n) is 5.08. The van der Waals surface area contributed by atoms with Crippen molar-refractivity contribution in [3.8, 4) is 17.9 Å². The molecule has 1 unspecified atom stereocenters. The van der Waals surface area contributed by atoms with Gasteiger partial charge >= 0.3 is 6.11 Å². The fraction of sp³-hybridized carbons (Fsp3) is 0.182. The maximum atomic E-state index is 13.0. The summed E-state index contributed by atoms with van der Waals surface area (Å²) < 4.78 is 42.7. The molecule has 1 aromatic rings. The van der Waals surface area contributed by atoms with Gasteiger partial charge in [-0.15, -0.1) is 0 Å². The first-order chi connectivity index (χ1) is 9.80. The summed E-state index contributed by atoms with van der Waals surface area (Å²) in [6, 6.07) is 6.43. The summed E-state index contributed by atoms with van der Waals surface area (Å²) in [6.45, 7) is 0. The maximum absolute atomic E-state index is 13.0. The average molecular weight is 337 g/mol. The van der Waals surface area contributed by atoms with E-state index in [1.165, 1.54) is 24.3 Å². The molecule has 0 bridgehead atoms. The van der Waals surface area contributed by atoms with E-state index in [-0.39, 0.29) is 10.7 Å². The molecule has 21 heavy (non-hydrogen) atoms. The van der Waals surface area contributed by atoms with Gasteiger partial charge in [-0.3, -0.25) is 5.43 Å². The monoisotopic (exact) mass is 336 g/mol. The average Bonchev–Trinajstić information content (AvgIpc) is 2.43. The van der Waals surface area contributed by atoms with Crippen molar-refractivity contribution in [2.24, 2.45) is 5.10 Å². The number of nitrogens with one attached hydrogen (secondary N) is 1. The molecule has 5 nitrogen and oxygen atoms in total. The Morgan fingerprint density at radius 1 is 1.38 bits per heavy atom. The zero-order valence-corrected chi connectivity index (χ0v) is 11.5. The highest BCUT2D eigenvalue weighted by Crippen LogP contribution is 2.34. The third-order valence-electron chi connectivity index (χ3n) is 1.94. The van der Waals surface area contributed by atoms with E-state index in [0.29, 0.717) is 0 Å². The minimum Gasteiger partial charge on any atom is -0.428 e. The largest absolute Gasteiger partial charge is 0.444 e. The van der Waals surface area contributed by atoms with Crippen molar-refractivity contribution < 1.29 is 17.9 Å². The Kier molecular flexibility index (Phi) is 5.65. The molecular weight excluding hydrogens is 332 g/mol. The van der Waals surface area contributed by atoms with Gasteiger partial charge < -0.3 is 4.74 Å². The number of hydrogen-bond acceptors (Lipinski definition) is 5. The van der Waals surface area contributed by atoms with Crippen molar-refractivity contribution in [2.45, 2.75) is 11.7 Å². The lowest BCUT2D eigenvalue weighted by molar-refractivity contribution is -0.198. The van der Waals surface area contributed by atoms with Gasteiger partial charge in [0.25, 0.3) is 5.63 Å². The van der Waals surface area contributed by atoms with E-state index in [4.69, 9.17) is 22.1 Å². The Hall–Kier alpha value is -2.16. The van der Waals surface area contributed by atoms with Crippen molar-refractivity contribution in [2.75, 3.05) is 5.43 Å². The second-order valence-electron chi connectivity index (χ2n) is 3.41. The number of nitrogens with zero attached hydrogens (tertiary/aromatic N) is 3. The van der Waals surface area contributed by atoms with Gasteiger partial charge in [0.1, 0.15) is 17.9 Å². The molecule has 0 radical (unpaired) electrons. The standard InChI is InChI=1S/C11H5Cl2F3N4O/c12-8-2-1-6(19-20-7(4-17)5-18)3-9(8)21-11(15,16)10(13)14/h1-3,10,19H. The minimum atomic E-state index is -4.28. The van der Waals surface area contributed by atoms with E-state index < -0.39 is 23.2 Å². The number of benzene rings is 1. The number of hydrazone groups is 1. The first kappa shape index (κ1) is 16.9. The third kappa shape index (κ3) is 4.71. The molecule has 10 heteroatoms. The van der Waals surface area contributed by atoms with E-state index in [9.17, 15) is 13.2 Å². The van der Waals surface area contributed by atoms with Gasteiger partial charge in [-0.1, -0.05) is 23.2 Å². The highest BCUT2D eigenvalue weighted by atomic mass is 35.5. The summed E-state index contributed by atoms with van der Waals surface area (Å²) in [6.07, 6.45) is -4.28. The summed E-state index contributed by atoms with van der Waals surface area (Å²) in [5.41, 5.74) is -1.20. The molecule has 0 aliphatic carbocycles. The van der Waals surface area contributed by atoms with Crippen molar-refractivity contribution in [1.82, 2.24) is 0 Å². The molecule has 1 aromatic carbocycles. The molecule has 0 saturated heterocycles. The van der Waals surface area contributed by atoms with Crippen LogP contribution in [0.25, 0.3) is 0 Å². The van der Waals surface area contributed by atoms with E-state index in [0.717, 1.165) is 6.07 Å². The number of alkyl halides is 4. The van der Waals surface area contributed by atoms with Crippen molar-refractivity contribution in [1.29, 1.82) is 10.5 Å². The second-order valence-corrected chi connectivity index (χ2v) is 4.20. The zero-order chi connectivity index (χ0) is 16.0. The second kappa shape index (κ2) is 7.02. The van der Waals surface area contributed by atoms with Gasteiger partial charge in [-0.25, -0.2) is 4.39 Å². The summed E-state index contributed by atoms with van der Waals surface area (Å²) in [5, 5.41) is 20.1. The van der Waals surface area contributed by atoms with Crippen LogP contribution in [0, 0.1) is 22.7 Å². The fourth-order valence-electron chi connectivity index (χ4n) is 1.04. The molecule has 0 aliphatic heterocycles. The Bertz CT molecular complexity index is 621. The molecular formula is C11H5Cl2F3N4O. The molecule has 0 aliphatic rings. The predicted molar refractivity (Wildman–Crippen MR) is 70.1 cm³/mol. The minimum absolute atomic E-state index is 0.0816. The van der Waals surface area contributed by atoms with Gasteiger partial charge in [-0.2, -0.15) is 24.4 Å². The zero-order valence-electron chi connectivity index (χ0n) is 9.95. The first-order valence-corrected chi connectivity index (χ1v) is 5.90. The lowest BCUT2D eigenvalue weighted by Crippen LogP contribution is -2.32. The van der Waals surface area contributed by atoms with Gasteiger partial charge in [0.15, 0.2) is 0 Å². The van der Waals surface area contributed by atoms with Gasteiger partial charge in [-0.05, 0) is 12.1 Å². The van der Waals surface area contributed by atoms with Gasteiger partial charge in [0, 0.05) is 6.07 Å². The number of halogens is 5. The van der Waals surface area contributed by atoms with Crippen LogP contribution in [0.2, 0.25) is 5.02 Å². The topological polar surface area (TPSA) is 81.2 Å². The van der Waals surface area contributed by atoms with Gasteiger partial charge in [0.05, 0.1) is 10.7 Å². The summed E-state index contributed by atoms with van der Waals surface area (Å²) in [7, 11) is 0. The smallest absolute Gasteiger partial charge is 0.428 e. The Morgan fingerprint density at radius 3 is 2.52 bits per heavy atom. The molecule has 1 N–H and O–H groups in total. The van der Waals surface area contributed by atoms with Crippen LogP contribution in [-0.4, -0.2) is 17.5 Å². The lowest BCUT2D eigenvalue weighted by atomic mass is 10.3. The van der Waals surface area contributed by atoms with Crippen LogP contribution in [0.15, 0.2) is 23.3 Å². The fourth-order valence-corrected chi connectivity index (χ4v) is 1.24. The molecule has 0 fully saturated rings. The normalized spacial score (nSPS) is 11.8. The highest BCUT2D eigenvalue weighted by Gasteiger charge is 2.42. The van der Waals surface area contributed by atoms with E-state index in [2.05, 4.69) is 26.9 Å². The van der Waals surface area contributed by atoms with Crippen LogP contribution in [0.4, 0.5) is 18.9 Å². The predicted octanol–water partition coefficient (Wildman–Crippen LogP) is 3.66. The Labute approximate surface area is 127 Å². The van der Waals surface area contributed by atoms with Crippen LogP contribution in [0.5, 0.6) is 5.75 Å². The van der Waals surface area contributed by atoms with Crippen LogP contribution in [-0.2, 0) is 0 Å². The molecule has 0 spiro atoms. The number of hydrogen-bond donors (Lipinski definition) is 1. The number of ether oxygens (including phenoxy) is 1. The molecule has 1 rings (SSSR count). The molecule has 1 atom stereocenters. The van der Waals surface area contributed by atoms with E-state index in [1.807, 2.05) is 0 Å². The lowest BCUT2D eigenvalue weighted by Gasteiger charge is -2.18. The number of rotatable bonds is 5. The summed E-state index contributed by atoms with van der Waals surface area (Å²) >= 11 is 10.3. The van der Waals surface area contributed by atoms with E-state index in [1.54, 1.807) is 0 Å². The SMILES string of the molecule is N#CC(C#N)=NNc1ccc(Cl)c(OC(F)(F)C(F)Cl)c1.